The second-order valence-corrected chi connectivity index (χ2v) is 5.58. The van der Waals surface area contributed by atoms with Crippen LogP contribution in [0.1, 0.15) is 16.1 Å². The summed E-state index contributed by atoms with van der Waals surface area (Å²) in [7, 11) is 0. The normalized spacial score (nSPS) is 14.5. The molecule has 1 aromatic heterocycles. The molecule has 22 heavy (non-hydrogen) atoms. The van der Waals surface area contributed by atoms with Gasteiger partial charge in [0.15, 0.2) is 6.61 Å². The maximum atomic E-state index is 11.8. The van der Waals surface area contributed by atoms with Gasteiger partial charge in [0.2, 0.25) is 0 Å². The summed E-state index contributed by atoms with van der Waals surface area (Å²) in [6.45, 7) is 1.97. The van der Waals surface area contributed by atoms with Crippen LogP contribution >= 0.6 is 11.3 Å². The predicted octanol–water partition coefficient (Wildman–Crippen LogP) is 0.270. The molecule has 0 bridgehead atoms. The summed E-state index contributed by atoms with van der Waals surface area (Å²) in [4.78, 5) is 37.1. The molecule has 1 fully saturated rings. The van der Waals surface area contributed by atoms with Crippen LogP contribution in [0, 0.1) is 0 Å². The Morgan fingerprint density at radius 3 is 2.77 bits per heavy atom. The van der Waals surface area contributed by atoms with Crippen LogP contribution in [0.15, 0.2) is 17.5 Å². The Balaban J connectivity index is 1.59. The first-order valence-corrected chi connectivity index (χ1v) is 7.87. The topological polar surface area (TPSA) is 84.9 Å². The van der Waals surface area contributed by atoms with Crippen LogP contribution in [0.4, 0.5) is 0 Å². The Morgan fingerprint density at radius 2 is 2.09 bits per heavy atom. The zero-order chi connectivity index (χ0) is 15.8. The fourth-order valence-corrected chi connectivity index (χ4v) is 2.53. The molecule has 7 nitrogen and oxygen atoms in total. The highest BCUT2D eigenvalue weighted by Crippen LogP contribution is 2.07. The summed E-state index contributed by atoms with van der Waals surface area (Å²) in [6.07, 6.45) is 0.0352. The standard InChI is InChI=1S/C14H18N2O5S/c17-12(16-5-7-20-8-6-16)10-21-13(18)3-4-15-14(19)11-2-1-9-22-11/h1-2,9H,3-8,10H2,(H,15,19). The number of rotatable bonds is 6. The van der Waals surface area contributed by atoms with Crippen molar-refractivity contribution in [2.45, 2.75) is 6.42 Å². The smallest absolute Gasteiger partial charge is 0.308 e. The maximum absolute atomic E-state index is 11.8. The van der Waals surface area contributed by atoms with Gasteiger partial charge in [0.1, 0.15) is 0 Å². The van der Waals surface area contributed by atoms with Crippen molar-refractivity contribution in [3.8, 4) is 0 Å². The zero-order valence-corrected chi connectivity index (χ0v) is 12.9. The highest BCUT2D eigenvalue weighted by Gasteiger charge is 2.18. The van der Waals surface area contributed by atoms with Crippen LogP contribution in [0.3, 0.4) is 0 Å². The summed E-state index contributed by atoms with van der Waals surface area (Å²) in [5.74, 6) is -0.945. The molecular formula is C14H18N2O5S. The summed E-state index contributed by atoms with van der Waals surface area (Å²) >= 11 is 1.33. The largest absolute Gasteiger partial charge is 0.456 e. The van der Waals surface area contributed by atoms with E-state index in [4.69, 9.17) is 9.47 Å². The average Bonchev–Trinajstić information content (AvgIpc) is 3.08. The number of hydrogen-bond donors (Lipinski definition) is 1. The molecule has 1 N–H and O–H groups in total. The van der Waals surface area contributed by atoms with Crippen molar-refractivity contribution in [1.29, 1.82) is 0 Å². The number of nitrogens with one attached hydrogen (secondary N) is 1. The molecule has 0 aromatic carbocycles. The molecule has 0 spiro atoms. The third-order valence-corrected chi connectivity index (χ3v) is 3.95. The number of thiophene rings is 1. The van der Waals surface area contributed by atoms with Crippen LogP contribution in [-0.2, 0) is 19.1 Å². The molecule has 8 heteroatoms. The molecule has 1 aliphatic rings. The van der Waals surface area contributed by atoms with E-state index in [-0.39, 0.29) is 31.4 Å². The monoisotopic (exact) mass is 326 g/mol. The lowest BCUT2D eigenvalue weighted by atomic mass is 10.4. The summed E-state index contributed by atoms with van der Waals surface area (Å²) in [6, 6.07) is 3.49. The zero-order valence-electron chi connectivity index (χ0n) is 12.1. The molecule has 1 aromatic rings. The molecule has 2 heterocycles. The van der Waals surface area contributed by atoms with Gasteiger partial charge >= 0.3 is 5.97 Å². The van der Waals surface area contributed by atoms with E-state index in [1.165, 1.54) is 11.3 Å². The molecule has 0 saturated carbocycles. The van der Waals surface area contributed by atoms with E-state index in [9.17, 15) is 14.4 Å². The Kier molecular flexibility index (Phi) is 6.35. The second kappa shape index (κ2) is 8.50. The van der Waals surface area contributed by atoms with Crippen LogP contribution in [0.25, 0.3) is 0 Å². The average molecular weight is 326 g/mol. The first-order chi connectivity index (χ1) is 10.7. The van der Waals surface area contributed by atoms with Crippen molar-refractivity contribution in [3.05, 3.63) is 22.4 Å². The molecule has 1 saturated heterocycles. The van der Waals surface area contributed by atoms with Crippen molar-refractivity contribution in [2.75, 3.05) is 39.5 Å². The third kappa shape index (κ3) is 5.12. The minimum absolute atomic E-state index is 0.0352. The Labute approximate surface area is 132 Å². The molecular weight excluding hydrogens is 308 g/mol. The van der Waals surface area contributed by atoms with Gasteiger partial charge in [-0.3, -0.25) is 14.4 Å². The van der Waals surface area contributed by atoms with Crippen molar-refractivity contribution < 1.29 is 23.9 Å². The lowest BCUT2D eigenvalue weighted by Crippen LogP contribution is -2.42. The SMILES string of the molecule is O=C(CCNC(=O)c1cccs1)OCC(=O)N1CCOCC1. The number of carbonyl (C=O) groups excluding carboxylic acids is 3. The lowest BCUT2D eigenvalue weighted by Gasteiger charge is -2.26. The maximum Gasteiger partial charge on any atom is 0.308 e. The van der Waals surface area contributed by atoms with Gasteiger partial charge in [-0.15, -0.1) is 11.3 Å². The van der Waals surface area contributed by atoms with Gasteiger partial charge in [0, 0.05) is 19.6 Å². The summed E-state index contributed by atoms with van der Waals surface area (Å²) in [5.41, 5.74) is 0. The lowest BCUT2D eigenvalue weighted by molar-refractivity contribution is -0.153. The fraction of sp³-hybridized carbons (Fsp3) is 0.500. The molecule has 2 amide bonds. The molecule has 1 aliphatic heterocycles. The molecule has 120 valence electrons. The van der Waals surface area contributed by atoms with Gasteiger partial charge in [-0.05, 0) is 11.4 Å². The number of carbonyl (C=O) groups is 3. The van der Waals surface area contributed by atoms with Gasteiger partial charge in [0.25, 0.3) is 11.8 Å². The number of ether oxygens (including phenoxy) is 2. The molecule has 0 radical (unpaired) electrons. The van der Waals surface area contributed by atoms with Gasteiger partial charge < -0.3 is 19.7 Å². The first-order valence-electron chi connectivity index (χ1n) is 6.99. The second-order valence-electron chi connectivity index (χ2n) is 4.64. The fourth-order valence-electron chi connectivity index (χ4n) is 1.89. The number of morpholine rings is 1. The molecule has 2 rings (SSSR count). The van der Waals surface area contributed by atoms with Crippen molar-refractivity contribution >= 4 is 29.1 Å². The highest BCUT2D eigenvalue weighted by atomic mass is 32.1. The Morgan fingerprint density at radius 1 is 1.32 bits per heavy atom. The minimum atomic E-state index is -0.506. The summed E-state index contributed by atoms with van der Waals surface area (Å²) < 4.78 is 10.1. The van der Waals surface area contributed by atoms with E-state index >= 15 is 0 Å². The van der Waals surface area contributed by atoms with E-state index in [2.05, 4.69) is 5.32 Å². The minimum Gasteiger partial charge on any atom is -0.456 e. The van der Waals surface area contributed by atoms with Crippen molar-refractivity contribution in [3.63, 3.8) is 0 Å². The van der Waals surface area contributed by atoms with Gasteiger partial charge in [-0.25, -0.2) is 0 Å². The van der Waals surface area contributed by atoms with E-state index in [0.717, 1.165) is 0 Å². The van der Waals surface area contributed by atoms with Crippen molar-refractivity contribution in [1.82, 2.24) is 10.2 Å². The van der Waals surface area contributed by atoms with Crippen LogP contribution in [-0.4, -0.2) is 62.1 Å². The van der Waals surface area contributed by atoms with Gasteiger partial charge in [-0.2, -0.15) is 0 Å². The van der Waals surface area contributed by atoms with E-state index < -0.39 is 5.97 Å². The van der Waals surface area contributed by atoms with Crippen LogP contribution in [0.2, 0.25) is 0 Å². The highest BCUT2D eigenvalue weighted by molar-refractivity contribution is 7.12. The summed E-state index contributed by atoms with van der Waals surface area (Å²) in [5, 5.41) is 4.43. The van der Waals surface area contributed by atoms with Crippen molar-refractivity contribution in [2.24, 2.45) is 0 Å². The number of nitrogens with zero attached hydrogens (tertiary/aromatic N) is 1. The Bertz CT molecular complexity index is 511. The predicted molar refractivity (Wildman–Crippen MR) is 79.6 cm³/mol. The van der Waals surface area contributed by atoms with E-state index in [0.29, 0.717) is 31.2 Å². The van der Waals surface area contributed by atoms with Gasteiger partial charge in [-0.1, -0.05) is 6.07 Å². The molecule has 0 atom stereocenters. The van der Waals surface area contributed by atoms with Crippen LogP contribution in [0.5, 0.6) is 0 Å². The molecule has 0 aliphatic carbocycles. The van der Waals surface area contributed by atoms with E-state index in [1.807, 2.05) is 0 Å². The van der Waals surface area contributed by atoms with Gasteiger partial charge in [0.05, 0.1) is 24.5 Å². The quantitative estimate of drug-likeness (QED) is 0.759. The third-order valence-electron chi connectivity index (χ3n) is 3.08. The number of amides is 2. The number of hydrogen-bond acceptors (Lipinski definition) is 6. The number of esters is 1. The van der Waals surface area contributed by atoms with E-state index in [1.54, 1.807) is 22.4 Å². The Hall–Kier alpha value is -1.93. The van der Waals surface area contributed by atoms with Crippen LogP contribution < -0.4 is 5.32 Å². The molecule has 0 unspecified atom stereocenters. The first kappa shape index (κ1) is 16.4.